The highest BCUT2D eigenvalue weighted by atomic mass is 16.5. The van der Waals surface area contributed by atoms with Gasteiger partial charge in [-0.15, -0.1) is 0 Å². The van der Waals surface area contributed by atoms with Gasteiger partial charge >= 0.3 is 17.9 Å². The van der Waals surface area contributed by atoms with Crippen molar-refractivity contribution in [2.24, 2.45) is 23.3 Å². The molecule has 0 spiro atoms. The number of carbonyl (C=O) groups is 14. The van der Waals surface area contributed by atoms with E-state index in [-0.39, 0.29) is 62.3 Å². The molecule has 2 bridgehead atoms. The lowest BCUT2D eigenvalue weighted by molar-refractivity contribution is -0.146. The number of benzene rings is 2. The number of phenolic OH excluding ortho intramolecular Hbond substituents is 1. The van der Waals surface area contributed by atoms with Crippen molar-refractivity contribution in [2.45, 2.75) is 275 Å². The van der Waals surface area contributed by atoms with Gasteiger partial charge in [-0.25, -0.2) is 4.79 Å². The number of primary amides is 1. The summed E-state index contributed by atoms with van der Waals surface area (Å²) in [6.45, 7) is 11.3. The maximum absolute atomic E-state index is 14.8. The van der Waals surface area contributed by atoms with Crippen LogP contribution in [-0.2, 0) is 80.0 Å². The lowest BCUT2D eigenvalue weighted by Gasteiger charge is -2.35. The Morgan fingerprint density at radius 3 is 1.78 bits per heavy atom. The molecule has 9 unspecified atom stereocenters. The number of carbonyl (C=O) groups excluding carboxylic acids is 12. The van der Waals surface area contributed by atoms with Crippen molar-refractivity contribution < 1.29 is 97.4 Å². The van der Waals surface area contributed by atoms with Crippen LogP contribution in [0.15, 0.2) is 48.5 Å². The summed E-state index contributed by atoms with van der Waals surface area (Å²) in [5.74, 6) is -14.8. The van der Waals surface area contributed by atoms with Crippen LogP contribution in [0, 0.1) is 11.8 Å². The number of rotatable bonds is 35. The molecule has 0 aromatic heterocycles. The SMILES string of the molecule is CCC(C)C1NC(=O)C(Cc2ccc(O)cc2)NC(=O)C(CCC(N)=O)NC(=O)C2CCCN2C(=O)C(C)(C)NC(=O)C(CCC(=O)O)NC(=O)[C@@H]([C@@H](C)O)NC(=O)C(NC(=O)C(CCCN)NC(=O)C(CCC(=O)O)NC(=O)C[C@H](O)CCCCCCCCCCC(C)C)Cc2ccc(cc2)OC1=O. The third kappa shape index (κ3) is 31.1. The predicted molar refractivity (Wildman–Crippen MR) is 383 cm³/mol. The van der Waals surface area contributed by atoms with Gasteiger partial charge in [0, 0.05) is 38.6 Å². The molecule has 105 heavy (non-hydrogen) atoms. The largest absolute Gasteiger partial charge is 0.508 e. The zero-order valence-electron chi connectivity index (χ0n) is 61.5. The molecular weight excluding hydrogens is 1360 g/mol. The number of unbranched alkanes of at least 4 members (excludes halogenated alkanes) is 7. The van der Waals surface area contributed by atoms with Crippen molar-refractivity contribution in [3.05, 3.63) is 59.7 Å². The number of aliphatic carboxylic acids is 2. The topological polar surface area (TPSA) is 513 Å². The molecule has 11 amide bonds. The predicted octanol–water partition coefficient (Wildman–Crippen LogP) is 1.33. The molecule has 0 aliphatic carbocycles. The fourth-order valence-electron chi connectivity index (χ4n) is 12.2. The highest BCUT2D eigenvalue weighted by Crippen LogP contribution is 2.25. The Morgan fingerprint density at radius 1 is 0.629 bits per heavy atom. The summed E-state index contributed by atoms with van der Waals surface area (Å²) in [6, 6.07) is -3.46. The van der Waals surface area contributed by atoms with Gasteiger partial charge in [0.2, 0.25) is 65.0 Å². The Balaban J connectivity index is 1.77. The first kappa shape index (κ1) is 88.1. The lowest BCUT2D eigenvalue weighted by Crippen LogP contribution is -2.64. The number of hydrogen-bond acceptors (Lipinski definition) is 19. The van der Waals surface area contributed by atoms with Crippen molar-refractivity contribution in [3.8, 4) is 11.5 Å². The van der Waals surface area contributed by atoms with Crippen LogP contribution < -0.4 is 64.1 Å². The average molecular weight is 1480 g/mol. The van der Waals surface area contributed by atoms with Gasteiger partial charge in [0.25, 0.3) is 0 Å². The van der Waals surface area contributed by atoms with E-state index in [0.717, 1.165) is 43.9 Å². The number of phenols is 1. The first-order chi connectivity index (χ1) is 49.6. The maximum Gasteiger partial charge on any atom is 0.334 e. The van der Waals surface area contributed by atoms with E-state index >= 15 is 0 Å². The molecule has 0 saturated carbocycles. The van der Waals surface area contributed by atoms with Crippen molar-refractivity contribution >= 4 is 82.9 Å². The molecule has 18 N–H and O–H groups in total. The summed E-state index contributed by atoms with van der Waals surface area (Å²) in [5.41, 5.74) is 10.1. The van der Waals surface area contributed by atoms with Crippen molar-refractivity contribution in [3.63, 3.8) is 0 Å². The van der Waals surface area contributed by atoms with E-state index in [1.807, 2.05) is 0 Å². The molecular formula is C73H112N12O20. The van der Waals surface area contributed by atoms with Gasteiger partial charge in [-0.1, -0.05) is 116 Å². The molecule has 12 atom stereocenters. The Morgan fingerprint density at radius 2 is 1.19 bits per heavy atom. The fraction of sp³-hybridized carbons (Fsp3) is 0.644. The third-order valence-corrected chi connectivity index (χ3v) is 18.5. The summed E-state index contributed by atoms with van der Waals surface area (Å²) in [4.78, 5) is 196. The van der Waals surface area contributed by atoms with Gasteiger partial charge in [0.15, 0.2) is 0 Å². The first-order valence-corrected chi connectivity index (χ1v) is 36.5. The van der Waals surface area contributed by atoms with Crippen LogP contribution in [0.25, 0.3) is 0 Å². The van der Waals surface area contributed by atoms with Gasteiger partial charge < -0.3 is 94.5 Å². The van der Waals surface area contributed by atoms with Gasteiger partial charge in [-0.2, -0.15) is 0 Å². The summed E-state index contributed by atoms with van der Waals surface area (Å²) in [6.07, 6.45) is 2.72. The quantitative estimate of drug-likeness (QED) is 0.0200. The number of amides is 11. The van der Waals surface area contributed by atoms with E-state index in [4.69, 9.17) is 16.2 Å². The number of carboxylic acid groups (broad SMARTS) is 2. The summed E-state index contributed by atoms with van der Waals surface area (Å²) in [7, 11) is 0. The molecule has 3 aliphatic rings. The van der Waals surface area contributed by atoms with Gasteiger partial charge in [0.05, 0.1) is 18.6 Å². The monoisotopic (exact) mass is 1480 g/mol. The standard InChI is InChI=1S/C73H112N12O20/c1-8-43(4)61-71(103)105-49-29-25-46(26-30-49)40-55(80-63(95)50(21-17-37-74)77-64(96)51(32-35-59(91)92)76-58(90)41-48(88)20-16-14-12-10-9-11-13-15-19-42(2)3)67(99)83-62(44(5)86)70(102)79-53(33-36-60(93)94)68(100)84-73(6,7)72(104)85-38-18-22-56(85)69(101)78-52(31-34-57(75)89)65(97)81-54(66(98)82-61)39-45-23-27-47(87)28-24-45/h23-30,42-44,48,50-56,61-62,86-88H,8-22,31-41,74H2,1-7H3,(H2,75,89)(H,76,90)(H,77,96)(H,78,101)(H,79,102)(H,80,95)(H,81,97)(H,82,98)(H,83,99)(H,84,100)(H,91,92)(H,93,94)/t43?,44-,48-,50?,51?,52?,53?,54?,55?,56?,61?,62-/m1/s1. The molecule has 0 radical (unpaired) electrons. The number of aliphatic hydroxyl groups excluding tert-OH is 2. The van der Waals surface area contributed by atoms with Gasteiger partial charge in [-0.05, 0) is 126 Å². The zero-order chi connectivity index (χ0) is 78.1. The molecule has 1 saturated heterocycles. The Bertz CT molecular complexity index is 3260. The second kappa shape index (κ2) is 44.5. The van der Waals surface area contributed by atoms with Crippen LogP contribution in [0.5, 0.6) is 11.5 Å². The van der Waals surface area contributed by atoms with E-state index in [2.05, 4.69) is 61.7 Å². The number of carboxylic acids is 2. The Labute approximate surface area is 612 Å². The minimum absolute atomic E-state index is 0.0243. The van der Waals surface area contributed by atoms with Crippen LogP contribution in [0.2, 0.25) is 0 Å². The van der Waals surface area contributed by atoms with Gasteiger partial charge in [0.1, 0.15) is 71.4 Å². The minimum Gasteiger partial charge on any atom is -0.508 e. The number of hydrogen-bond donors (Lipinski definition) is 16. The number of aromatic hydroxyl groups is 1. The van der Waals surface area contributed by atoms with Gasteiger partial charge in [-0.3, -0.25) is 62.3 Å². The molecule has 2 aromatic carbocycles. The van der Waals surface area contributed by atoms with Crippen molar-refractivity contribution in [1.29, 1.82) is 0 Å². The average Bonchev–Trinajstić information content (AvgIpc) is 1.74. The van der Waals surface area contributed by atoms with E-state index in [0.29, 0.717) is 30.7 Å². The van der Waals surface area contributed by atoms with Crippen molar-refractivity contribution in [1.82, 2.24) is 52.8 Å². The van der Waals surface area contributed by atoms with Crippen LogP contribution in [0.4, 0.5) is 0 Å². The third-order valence-electron chi connectivity index (χ3n) is 18.5. The summed E-state index contributed by atoms with van der Waals surface area (Å²) in [5, 5.41) is 74.3. The molecule has 32 nitrogen and oxygen atoms in total. The second-order valence-corrected chi connectivity index (χ2v) is 28.4. The number of esters is 1. The molecule has 2 aromatic rings. The van der Waals surface area contributed by atoms with E-state index in [1.54, 1.807) is 13.8 Å². The summed E-state index contributed by atoms with van der Waals surface area (Å²) < 4.78 is 5.83. The molecule has 1 fully saturated rings. The van der Waals surface area contributed by atoms with E-state index in [1.165, 1.54) is 81.6 Å². The fourth-order valence-corrected chi connectivity index (χ4v) is 12.2. The Kier molecular flexibility index (Phi) is 37.3. The minimum atomic E-state index is -1.99. The summed E-state index contributed by atoms with van der Waals surface area (Å²) >= 11 is 0. The van der Waals surface area contributed by atoms with Crippen LogP contribution in [0.1, 0.15) is 201 Å². The van der Waals surface area contributed by atoms with E-state index in [9.17, 15) is 92.7 Å². The number of nitrogens with one attached hydrogen (secondary N) is 9. The highest BCUT2D eigenvalue weighted by Gasteiger charge is 2.44. The number of aliphatic hydroxyl groups is 2. The first-order valence-electron chi connectivity index (χ1n) is 36.5. The van der Waals surface area contributed by atoms with Crippen LogP contribution in [0.3, 0.4) is 0 Å². The van der Waals surface area contributed by atoms with Crippen LogP contribution in [-0.4, -0.2) is 199 Å². The zero-order valence-corrected chi connectivity index (χ0v) is 61.5. The number of ether oxygens (including phenoxy) is 1. The molecule has 5 rings (SSSR count). The lowest BCUT2D eigenvalue weighted by atomic mass is 9.97. The number of nitrogens with zero attached hydrogens (tertiary/aromatic N) is 1. The number of fused-ring (bicyclic) bond motifs is 23. The smallest absolute Gasteiger partial charge is 0.334 e. The molecule has 3 aliphatic heterocycles. The van der Waals surface area contributed by atoms with Crippen molar-refractivity contribution in [2.75, 3.05) is 13.1 Å². The molecule has 32 heteroatoms. The maximum atomic E-state index is 14.8. The molecule has 584 valence electrons. The normalized spacial score (nSPS) is 21.7. The van der Waals surface area contributed by atoms with E-state index < -0.39 is 212 Å². The Hall–Kier alpha value is -9.30. The highest BCUT2D eigenvalue weighted by molar-refractivity contribution is 6.00. The number of nitrogens with two attached hydrogens (primary N) is 2. The second-order valence-electron chi connectivity index (χ2n) is 28.4. The van der Waals surface area contributed by atoms with Crippen LogP contribution >= 0.6 is 0 Å². The molecule has 3 heterocycles.